The normalized spacial score (nSPS) is 12.0. The van der Waals surface area contributed by atoms with E-state index >= 15 is 0 Å². The second-order valence-corrected chi connectivity index (χ2v) is 10.4. The topological polar surface area (TPSA) is 26.3 Å². The molecule has 2 aromatic carbocycles. The number of rotatable bonds is 20. The molecule has 0 aliphatic heterocycles. The predicted molar refractivity (Wildman–Crippen MR) is 151 cm³/mol. The highest BCUT2D eigenvalue weighted by atomic mass is 19.1. The van der Waals surface area contributed by atoms with Crippen molar-refractivity contribution < 1.29 is 13.9 Å². The van der Waals surface area contributed by atoms with Gasteiger partial charge in [0.2, 0.25) is 0 Å². The molecule has 0 aliphatic rings. The molecule has 36 heavy (non-hydrogen) atoms. The van der Waals surface area contributed by atoms with E-state index in [1.165, 1.54) is 70.3 Å². The maximum atomic E-state index is 14.6. The zero-order chi connectivity index (χ0) is 26.0. The van der Waals surface area contributed by atoms with Crippen molar-refractivity contribution in [3.63, 3.8) is 0 Å². The highest BCUT2D eigenvalue weighted by Crippen LogP contribution is 2.27. The van der Waals surface area contributed by atoms with Crippen molar-refractivity contribution in [2.75, 3.05) is 6.61 Å². The lowest BCUT2D eigenvalue weighted by Gasteiger charge is -2.10. The van der Waals surface area contributed by atoms with Gasteiger partial charge in [-0.2, -0.15) is 0 Å². The first-order valence-corrected chi connectivity index (χ1v) is 14.6. The maximum Gasteiger partial charge on any atom is 0.165 e. The molecule has 200 valence electrons. The Kier molecular flexibility index (Phi) is 15.2. The van der Waals surface area contributed by atoms with Crippen molar-refractivity contribution in [2.45, 2.75) is 117 Å². The molecule has 0 spiro atoms. The van der Waals surface area contributed by atoms with Gasteiger partial charge in [-0.3, -0.25) is 4.79 Å². The van der Waals surface area contributed by atoms with Gasteiger partial charge in [0.15, 0.2) is 17.3 Å². The van der Waals surface area contributed by atoms with Crippen molar-refractivity contribution in [3.05, 3.63) is 53.8 Å². The molecule has 0 radical (unpaired) electrons. The fourth-order valence-corrected chi connectivity index (χ4v) is 4.54. The smallest absolute Gasteiger partial charge is 0.165 e. The third-order valence-corrected chi connectivity index (χ3v) is 7.28. The average molecular weight is 497 g/mol. The summed E-state index contributed by atoms with van der Waals surface area (Å²) < 4.78 is 20.3. The number of carbonyl (C=O) groups excluding carboxylic acids is 1. The second kappa shape index (κ2) is 18.1. The molecule has 0 N–H and O–H groups in total. The Hall–Kier alpha value is -2.16. The predicted octanol–water partition coefficient (Wildman–Crippen LogP) is 10.6. The molecular weight excluding hydrogens is 447 g/mol. The molecule has 0 aliphatic carbocycles. The molecule has 0 amide bonds. The number of Topliss-reactive ketones (excluding diaryl/α,β-unsaturated/α-hetero) is 1. The van der Waals surface area contributed by atoms with Crippen LogP contribution in [-0.2, 0) is 0 Å². The van der Waals surface area contributed by atoms with Crippen LogP contribution in [0.2, 0.25) is 0 Å². The highest BCUT2D eigenvalue weighted by Gasteiger charge is 2.09. The fraction of sp³-hybridized carbons (Fsp3) is 0.606. The van der Waals surface area contributed by atoms with E-state index in [-0.39, 0.29) is 11.6 Å². The summed E-state index contributed by atoms with van der Waals surface area (Å²) in [6, 6.07) is 12.7. The van der Waals surface area contributed by atoms with Crippen LogP contribution >= 0.6 is 0 Å². The molecule has 3 heteroatoms. The van der Waals surface area contributed by atoms with Crippen LogP contribution in [-0.4, -0.2) is 12.4 Å². The van der Waals surface area contributed by atoms with Crippen LogP contribution in [0.5, 0.6) is 5.75 Å². The first kappa shape index (κ1) is 30.1. The van der Waals surface area contributed by atoms with Gasteiger partial charge in [0.25, 0.3) is 0 Å². The zero-order valence-corrected chi connectivity index (χ0v) is 23.1. The fourth-order valence-electron chi connectivity index (χ4n) is 4.54. The minimum absolute atomic E-state index is 0.198. The molecule has 0 fully saturated rings. The summed E-state index contributed by atoms with van der Waals surface area (Å²) in [5.41, 5.74) is 2.45. The number of hydrogen-bond donors (Lipinski definition) is 0. The minimum Gasteiger partial charge on any atom is -0.491 e. The molecule has 2 nitrogen and oxygen atoms in total. The standard InChI is InChI=1S/C33H49FO2/c1-4-6-7-8-9-10-11-12-15-18-32(35)29-21-19-28(20-22-29)30-23-24-33(31(34)26-30)36-25-16-13-14-17-27(3)5-2/h19-24,26-27H,4-18,25H2,1-3H3. The van der Waals surface area contributed by atoms with Gasteiger partial charge < -0.3 is 4.74 Å². The van der Waals surface area contributed by atoms with Crippen LogP contribution in [0.1, 0.15) is 127 Å². The molecule has 1 unspecified atom stereocenters. The van der Waals surface area contributed by atoms with Crippen molar-refractivity contribution in [2.24, 2.45) is 5.92 Å². The van der Waals surface area contributed by atoms with E-state index in [4.69, 9.17) is 4.74 Å². The summed E-state index contributed by atoms with van der Waals surface area (Å²) in [4.78, 5) is 12.5. The molecule has 0 heterocycles. The van der Waals surface area contributed by atoms with Crippen LogP contribution in [0.4, 0.5) is 4.39 Å². The highest BCUT2D eigenvalue weighted by molar-refractivity contribution is 5.96. The van der Waals surface area contributed by atoms with Crippen molar-refractivity contribution in [1.29, 1.82) is 0 Å². The van der Waals surface area contributed by atoms with E-state index < -0.39 is 0 Å². The van der Waals surface area contributed by atoms with Gasteiger partial charge >= 0.3 is 0 Å². The molecule has 2 aromatic rings. The number of unbranched alkanes of at least 4 members (excludes halogenated alkanes) is 10. The number of halogens is 1. The van der Waals surface area contributed by atoms with Crippen LogP contribution in [0.25, 0.3) is 11.1 Å². The van der Waals surface area contributed by atoms with Gasteiger partial charge in [-0.05, 0) is 42.0 Å². The number of hydrogen-bond acceptors (Lipinski definition) is 2. The Morgan fingerprint density at radius 3 is 2.03 bits per heavy atom. The van der Waals surface area contributed by atoms with Gasteiger partial charge in [-0.1, -0.05) is 128 Å². The second-order valence-electron chi connectivity index (χ2n) is 10.4. The summed E-state index contributed by atoms with van der Waals surface area (Å²) in [6.07, 6.45) is 17.6. The van der Waals surface area contributed by atoms with Crippen molar-refractivity contribution in [3.8, 4) is 16.9 Å². The van der Waals surface area contributed by atoms with E-state index in [1.54, 1.807) is 6.07 Å². The van der Waals surface area contributed by atoms with Gasteiger partial charge in [0.05, 0.1) is 6.61 Å². The lowest BCUT2D eigenvalue weighted by molar-refractivity contribution is 0.0979. The number of benzene rings is 2. The Labute approximate surface area is 220 Å². The summed E-state index contributed by atoms with van der Waals surface area (Å²) in [7, 11) is 0. The molecule has 0 aromatic heterocycles. The Bertz CT molecular complexity index is 858. The van der Waals surface area contributed by atoms with Crippen LogP contribution < -0.4 is 4.74 Å². The molecule has 1 atom stereocenters. The quantitative estimate of drug-likeness (QED) is 0.135. The number of ether oxygens (including phenoxy) is 1. The third-order valence-electron chi connectivity index (χ3n) is 7.28. The van der Waals surface area contributed by atoms with Gasteiger partial charge in [-0.25, -0.2) is 4.39 Å². The number of carbonyl (C=O) groups is 1. The first-order chi connectivity index (χ1) is 17.5. The molecule has 0 saturated carbocycles. The largest absolute Gasteiger partial charge is 0.491 e. The van der Waals surface area contributed by atoms with E-state index in [0.29, 0.717) is 18.8 Å². The lowest BCUT2D eigenvalue weighted by atomic mass is 9.99. The lowest BCUT2D eigenvalue weighted by Crippen LogP contribution is -2.00. The van der Waals surface area contributed by atoms with Crippen molar-refractivity contribution in [1.82, 2.24) is 0 Å². The third kappa shape index (κ3) is 11.7. The van der Waals surface area contributed by atoms with E-state index in [0.717, 1.165) is 48.3 Å². The Morgan fingerprint density at radius 2 is 1.39 bits per heavy atom. The Morgan fingerprint density at radius 1 is 0.778 bits per heavy atom. The van der Waals surface area contributed by atoms with Gasteiger partial charge in [0, 0.05) is 12.0 Å². The SMILES string of the molecule is CCCCCCCCCCCC(=O)c1ccc(-c2ccc(OCCCCCC(C)CC)c(F)c2)cc1. The van der Waals surface area contributed by atoms with Gasteiger partial charge in [0.1, 0.15) is 0 Å². The average Bonchev–Trinajstić information content (AvgIpc) is 2.90. The van der Waals surface area contributed by atoms with E-state index in [2.05, 4.69) is 20.8 Å². The maximum absolute atomic E-state index is 14.6. The summed E-state index contributed by atoms with van der Waals surface area (Å²) in [5.74, 6) is 0.956. The summed E-state index contributed by atoms with van der Waals surface area (Å²) in [6.45, 7) is 7.31. The molecular formula is C33H49FO2. The van der Waals surface area contributed by atoms with Crippen molar-refractivity contribution >= 4 is 5.78 Å². The molecule has 0 bridgehead atoms. The monoisotopic (exact) mass is 496 g/mol. The molecule has 0 saturated heterocycles. The van der Waals surface area contributed by atoms with Crippen LogP contribution in [0, 0.1) is 11.7 Å². The van der Waals surface area contributed by atoms with E-state index in [9.17, 15) is 9.18 Å². The zero-order valence-electron chi connectivity index (χ0n) is 23.1. The Balaban J connectivity index is 1.71. The minimum atomic E-state index is -0.336. The summed E-state index contributed by atoms with van der Waals surface area (Å²) in [5, 5.41) is 0. The van der Waals surface area contributed by atoms with Crippen LogP contribution in [0.3, 0.4) is 0 Å². The van der Waals surface area contributed by atoms with Crippen LogP contribution in [0.15, 0.2) is 42.5 Å². The summed E-state index contributed by atoms with van der Waals surface area (Å²) >= 11 is 0. The van der Waals surface area contributed by atoms with E-state index in [1.807, 2.05) is 30.3 Å². The molecule has 2 rings (SSSR count). The van der Waals surface area contributed by atoms with Gasteiger partial charge in [-0.15, -0.1) is 0 Å². The number of ketones is 1. The first-order valence-electron chi connectivity index (χ1n) is 14.6.